The van der Waals surface area contributed by atoms with Gasteiger partial charge < -0.3 is 19.8 Å². The van der Waals surface area contributed by atoms with E-state index in [1.54, 1.807) is 20.8 Å². The number of nitrogens with one attached hydrogen (secondary N) is 2. The maximum absolute atomic E-state index is 12.5. The van der Waals surface area contributed by atoms with Crippen LogP contribution in [-0.4, -0.2) is 30.1 Å². The van der Waals surface area contributed by atoms with Gasteiger partial charge >= 0.3 is 12.6 Å². The molecule has 0 aliphatic heterocycles. The van der Waals surface area contributed by atoms with Crippen LogP contribution in [0.2, 0.25) is 5.02 Å². The summed E-state index contributed by atoms with van der Waals surface area (Å²) in [5.41, 5.74) is 1.73. The minimum atomic E-state index is -3.00. The number of alkyl halides is 2. The number of hydrogen-bond acceptors (Lipinski definition) is 4. The number of rotatable bonds is 6. The second kappa shape index (κ2) is 8.18. The largest absolute Gasteiger partial charge is 0.462 e. The van der Waals surface area contributed by atoms with E-state index in [-0.39, 0.29) is 28.8 Å². The lowest BCUT2D eigenvalue weighted by Crippen LogP contribution is -2.14. The fraction of sp³-hybridized carbons (Fsp3) is 0.294. The lowest BCUT2D eigenvalue weighted by Gasteiger charge is -2.09. The highest BCUT2D eigenvalue weighted by Gasteiger charge is 2.23. The molecule has 1 heterocycles. The first-order valence-corrected chi connectivity index (χ1v) is 8.04. The molecule has 26 heavy (non-hydrogen) atoms. The lowest BCUT2D eigenvalue weighted by atomic mass is 10.1. The molecule has 0 unspecified atom stereocenters. The molecule has 2 aromatic rings. The van der Waals surface area contributed by atoms with Gasteiger partial charge in [0.2, 0.25) is 0 Å². The van der Waals surface area contributed by atoms with Crippen LogP contribution in [0.1, 0.15) is 39.0 Å². The normalized spacial score (nSPS) is 10.7. The second-order valence-electron chi connectivity index (χ2n) is 5.32. The second-order valence-corrected chi connectivity index (χ2v) is 5.73. The number of amides is 1. The minimum Gasteiger partial charge on any atom is -0.462 e. The van der Waals surface area contributed by atoms with Gasteiger partial charge in [0.25, 0.3) is 5.91 Å². The average Bonchev–Trinajstić information content (AvgIpc) is 2.84. The van der Waals surface area contributed by atoms with E-state index in [0.717, 1.165) is 0 Å². The van der Waals surface area contributed by atoms with Crippen LogP contribution in [0.3, 0.4) is 0 Å². The Hall–Kier alpha value is -2.61. The van der Waals surface area contributed by atoms with Crippen LogP contribution in [0.4, 0.5) is 14.5 Å². The Labute approximate surface area is 153 Å². The summed E-state index contributed by atoms with van der Waals surface area (Å²) in [6.07, 6.45) is 0. The van der Waals surface area contributed by atoms with Gasteiger partial charge in [0, 0.05) is 11.4 Å². The third kappa shape index (κ3) is 4.32. The topological polar surface area (TPSA) is 80.4 Å². The smallest absolute Gasteiger partial charge is 0.387 e. The Balaban J connectivity index is 2.22. The van der Waals surface area contributed by atoms with Gasteiger partial charge in [-0.2, -0.15) is 8.78 Å². The maximum Gasteiger partial charge on any atom is 0.387 e. The zero-order valence-electron chi connectivity index (χ0n) is 14.3. The molecule has 0 saturated heterocycles. The van der Waals surface area contributed by atoms with Crippen molar-refractivity contribution in [1.82, 2.24) is 4.98 Å². The number of anilines is 1. The number of benzene rings is 1. The van der Waals surface area contributed by atoms with Crippen molar-refractivity contribution in [2.24, 2.45) is 0 Å². The number of ether oxygens (including phenoxy) is 2. The van der Waals surface area contributed by atoms with E-state index in [1.807, 2.05) is 0 Å². The molecule has 2 rings (SSSR count). The van der Waals surface area contributed by atoms with Crippen molar-refractivity contribution in [1.29, 1.82) is 0 Å². The van der Waals surface area contributed by atoms with Gasteiger partial charge in [0.05, 0.1) is 17.2 Å². The SMILES string of the molecule is CCOC(=O)c1c(C)[nH]c(C(=O)Nc2ccc(OC(F)F)c(Cl)c2)c1C. The number of halogens is 3. The first kappa shape index (κ1) is 19.7. The number of hydrogen-bond donors (Lipinski definition) is 2. The number of aromatic nitrogens is 1. The summed E-state index contributed by atoms with van der Waals surface area (Å²) in [5, 5.41) is 2.51. The van der Waals surface area contributed by atoms with Crippen molar-refractivity contribution in [2.75, 3.05) is 11.9 Å². The van der Waals surface area contributed by atoms with Crippen LogP contribution >= 0.6 is 11.6 Å². The molecule has 1 aromatic heterocycles. The number of aryl methyl sites for hydroxylation is 1. The zero-order valence-corrected chi connectivity index (χ0v) is 15.0. The van der Waals surface area contributed by atoms with Crippen LogP contribution in [0.25, 0.3) is 0 Å². The van der Waals surface area contributed by atoms with E-state index in [4.69, 9.17) is 16.3 Å². The van der Waals surface area contributed by atoms with Crippen LogP contribution in [0.15, 0.2) is 18.2 Å². The monoisotopic (exact) mass is 386 g/mol. The Kier molecular flexibility index (Phi) is 6.20. The molecule has 9 heteroatoms. The molecule has 0 saturated carbocycles. The van der Waals surface area contributed by atoms with E-state index in [2.05, 4.69) is 15.0 Å². The van der Waals surface area contributed by atoms with Gasteiger partial charge in [0.1, 0.15) is 11.4 Å². The highest BCUT2D eigenvalue weighted by molar-refractivity contribution is 6.32. The van der Waals surface area contributed by atoms with Crippen molar-refractivity contribution < 1.29 is 27.8 Å². The fourth-order valence-electron chi connectivity index (χ4n) is 2.45. The van der Waals surface area contributed by atoms with E-state index in [1.165, 1.54) is 18.2 Å². The molecular weight excluding hydrogens is 370 g/mol. The number of carbonyl (C=O) groups excluding carboxylic acids is 2. The van der Waals surface area contributed by atoms with Gasteiger partial charge in [-0.15, -0.1) is 0 Å². The average molecular weight is 387 g/mol. The van der Waals surface area contributed by atoms with Crippen molar-refractivity contribution in [2.45, 2.75) is 27.4 Å². The Bertz CT molecular complexity index is 836. The van der Waals surface area contributed by atoms with Gasteiger partial charge in [-0.05, 0) is 44.5 Å². The number of aromatic amines is 1. The molecule has 2 N–H and O–H groups in total. The predicted octanol–water partition coefficient (Wildman–Crippen LogP) is 4.32. The van der Waals surface area contributed by atoms with Crippen molar-refractivity contribution in [3.8, 4) is 5.75 Å². The molecule has 0 bridgehead atoms. The number of carbonyl (C=O) groups is 2. The summed E-state index contributed by atoms with van der Waals surface area (Å²) in [6, 6.07) is 3.88. The summed E-state index contributed by atoms with van der Waals surface area (Å²) >= 11 is 5.86. The summed E-state index contributed by atoms with van der Waals surface area (Å²) < 4.78 is 33.7. The van der Waals surface area contributed by atoms with Gasteiger partial charge in [-0.3, -0.25) is 4.79 Å². The lowest BCUT2D eigenvalue weighted by molar-refractivity contribution is -0.0497. The molecule has 1 aromatic carbocycles. The highest BCUT2D eigenvalue weighted by Crippen LogP contribution is 2.29. The van der Waals surface area contributed by atoms with E-state index < -0.39 is 18.5 Å². The first-order chi connectivity index (χ1) is 12.2. The standard InChI is InChI=1S/C17H17ClF2N2O4/c1-4-25-16(24)13-8(2)14(21-9(13)3)15(23)22-10-5-6-12(11(18)7-10)26-17(19)20/h5-7,17,21H,4H2,1-3H3,(H,22,23). The zero-order chi connectivity index (χ0) is 19.4. The highest BCUT2D eigenvalue weighted by atomic mass is 35.5. The van der Waals surface area contributed by atoms with Crippen LogP contribution < -0.4 is 10.1 Å². The van der Waals surface area contributed by atoms with Crippen molar-refractivity contribution >= 4 is 29.2 Å². The van der Waals surface area contributed by atoms with E-state index in [9.17, 15) is 18.4 Å². The van der Waals surface area contributed by atoms with Crippen LogP contribution in [0.5, 0.6) is 5.75 Å². The third-order valence-electron chi connectivity index (χ3n) is 3.55. The minimum absolute atomic E-state index is 0.0744. The van der Waals surface area contributed by atoms with Gasteiger partial charge in [0.15, 0.2) is 0 Å². The molecule has 140 valence electrons. The summed E-state index contributed by atoms with van der Waals surface area (Å²) in [5.74, 6) is -1.23. The quantitative estimate of drug-likeness (QED) is 0.725. The maximum atomic E-state index is 12.5. The van der Waals surface area contributed by atoms with E-state index in [0.29, 0.717) is 16.8 Å². The summed E-state index contributed by atoms with van der Waals surface area (Å²) in [6.45, 7) is 2.18. The van der Waals surface area contributed by atoms with Gasteiger partial charge in [-0.1, -0.05) is 11.6 Å². The Morgan fingerprint density at radius 1 is 1.31 bits per heavy atom. The Morgan fingerprint density at radius 2 is 2.00 bits per heavy atom. The van der Waals surface area contributed by atoms with Crippen molar-refractivity contribution in [3.05, 3.63) is 45.7 Å². The summed E-state index contributed by atoms with van der Waals surface area (Å²) in [4.78, 5) is 27.3. The number of H-pyrrole nitrogens is 1. The van der Waals surface area contributed by atoms with Crippen LogP contribution in [0, 0.1) is 13.8 Å². The molecule has 0 aliphatic carbocycles. The molecule has 6 nitrogen and oxygen atoms in total. The first-order valence-electron chi connectivity index (χ1n) is 7.66. The molecule has 0 radical (unpaired) electrons. The Morgan fingerprint density at radius 3 is 2.58 bits per heavy atom. The molecular formula is C17H17ClF2N2O4. The van der Waals surface area contributed by atoms with Gasteiger partial charge in [-0.25, -0.2) is 4.79 Å². The molecule has 0 fully saturated rings. The van der Waals surface area contributed by atoms with Crippen molar-refractivity contribution in [3.63, 3.8) is 0 Å². The molecule has 1 amide bonds. The number of esters is 1. The molecule has 0 atom stereocenters. The predicted molar refractivity (Wildman–Crippen MR) is 92.3 cm³/mol. The molecule has 0 spiro atoms. The van der Waals surface area contributed by atoms with Crippen LogP contribution in [-0.2, 0) is 4.74 Å². The third-order valence-corrected chi connectivity index (χ3v) is 3.85. The fourth-order valence-corrected chi connectivity index (χ4v) is 2.68. The molecule has 0 aliphatic rings. The summed E-state index contributed by atoms with van der Waals surface area (Å²) in [7, 11) is 0. The van der Waals surface area contributed by atoms with E-state index >= 15 is 0 Å².